The van der Waals surface area contributed by atoms with Crippen molar-refractivity contribution in [2.45, 2.75) is 25.7 Å². The maximum Gasteiger partial charge on any atom is 0.119 e. The predicted molar refractivity (Wildman–Crippen MR) is 135 cm³/mol. The van der Waals surface area contributed by atoms with Crippen molar-refractivity contribution >= 4 is 28.2 Å². The minimum absolute atomic E-state index is 0.0893. The third kappa shape index (κ3) is 5.96. The second-order valence-electron chi connectivity index (χ2n) is 7.63. The first-order valence-corrected chi connectivity index (χ1v) is 12.5. The topological polar surface area (TPSA) is 41.5 Å². The summed E-state index contributed by atoms with van der Waals surface area (Å²) in [6, 6.07) is 22.0. The quantitative estimate of drug-likeness (QED) is 0.282. The highest BCUT2D eigenvalue weighted by Gasteiger charge is 2.16. The fourth-order valence-electron chi connectivity index (χ4n) is 3.49. The monoisotopic (exact) mass is 461 g/mol. The van der Waals surface area contributed by atoms with Crippen LogP contribution in [0.25, 0.3) is 5.57 Å². The number of hydrogen-bond acceptors (Lipinski definition) is 5. The van der Waals surface area contributed by atoms with E-state index in [0.717, 1.165) is 16.9 Å². The van der Waals surface area contributed by atoms with Gasteiger partial charge in [-0.1, -0.05) is 48.5 Å². The van der Waals surface area contributed by atoms with E-state index < -0.39 is 6.10 Å². The molecule has 4 aromatic rings. The maximum absolute atomic E-state index is 10.8. The molecule has 2 unspecified atom stereocenters. The van der Waals surface area contributed by atoms with E-state index >= 15 is 0 Å². The molecule has 2 atom stereocenters. The van der Waals surface area contributed by atoms with Crippen molar-refractivity contribution in [3.63, 3.8) is 0 Å². The lowest BCUT2D eigenvalue weighted by atomic mass is 10.0. The number of ether oxygens (including phenoxy) is 1. The van der Waals surface area contributed by atoms with Gasteiger partial charge in [0.05, 0.1) is 6.10 Å². The number of rotatable bonds is 10. The molecule has 2 heterocycles. The lowest BCUT2D eigenvalue weighted by molar-refractivity contribution is 0.138. The van der Waals surface area contributed by atoms with Crippen molar-refractivity contribution in [1.29, 1.82) is 0 Å². The molecule has 3 nitrogen and oxygen atoms in total. The van der Waals surface area contributed by atoms with Gasteiger partial charge in [-0.25, -0.2) is 0 Å². The van der Waals surface area contributed by atoms with Crippen LogP contribution in [0.3, 0.4) is 0 Å². The molecule has 0 saturated carbocycles. The molecule has 0 amide bonds. The minimum atomic E-state index is -0.600. The lowest BCUT2D eigenvalue weighted by Gasteiger charge is -2.20. The van der Waals surface area contributed by atoms with E-state index in [9.17, 15) is 5.11 Å². The van der Waals surface area contributed by atoms with E-state index in [0.29, 0.717) is 13.2 Å². The Balaban J connectivity index is 1.33. The van der Waals surface area contributed by atoms with E-state index in [2.05, 4.69) is 45.0 Å². The average molecular weight is 462 g/mol. The van der Waals surface area contributed by atoms with Crippen molar-refractivity contribution in [3.8, 4) is 5.75 Å². The van der Waals surface area contributed by atoms with Crippen molar-refractivity contribution in [3.05, 3.63) is 117 Å². The molecular formula is C27H27NO2S2. The Bertz CT molecular complexity index is 1050. The Kier molecular flexibility index (Phi) is 7.91. The first-order chi connectivity index (χ1) is 15.7. The van der Waals surface area contributed by atoms with Gasteiger partial charge in [0, 0.05) is 12.6 Å². The first-order valence-electron chi connectivity index (χ1n) is 10.6. The van der Waals surface area contributed by atoms with Gasteiger partial charge in [0.1, 0.15) is 12.4 Å². The molecule has 32 heavy (non-hydrogen) atoms. The fraction of sp³-hybridized carbons (Fsp3) is 0.185. The van der Waals surface area contributed by atoms with Gasteiger partial charge in [-0.3, -0.25) is 0 Å². The van der Waals surface area contributed by atoms with Crippen molar-refractivity contribution in [2.75, 3.05) is 6.54 Å². The number of hydrogen-bond donors (Lipinski definition) is 2. The number of aliphatic hydroxyl groups excluding tert-OH is 1. The van der Waals surface area contributed by atoms with Gasteiger partial charge in [0.2, 0.25) is 0 Å². The average Bonchev–Trinajstić information content (AvgIpc) is 3.56. The Morgan fingerprint density at radius 2 is 1.59 bits per heavy atom. The highest BCUT2D eigenvalue weighted by Crippen LogP contribution is 2.27. The molecule has 5 heteroatoms. The zero-order valence-electron chi connectivity index (χ0n) is 18.0. The summed E-state index contributed by atoms with van der Waals surface area (Å²) in [6.07, 6.45) is 1.60. The normalized spacial score (nSPS) is 12.8. The summed E-state index contributed by atoms with van der Waals surface area (Å²) in [5, 5.41) is 22.8. The van der Waals surface area contributed by atoms with Crippen LogP contribution in [0.1, 0.15) is 35.3 Å². The Hall–Kier alpha value is -2.70. The summed E-state index contributed by atoms with van der Waals surface area (Å²) in [6.45, 7) is 3.22. The molecule has 2 aromatic carbocycles. The number of nitrogens with one attached hydrogen (secondary N) is 1. The molecule has 0 bridgehead atoms. The molecule has 0 aliphatic heterocycles. The minimum Gasteiger partial charge on any atom is -0.489 e. The molecule has 2 aromatic heterocycles. The van der Waals surface area contributed by atoms with Gasteiger partial charge in [-0.2, -0.15) is 22.7 Å². The third-order valence-electron chi connectivity index (χ3n) is 5.35. The van der Waals surface area contributed by atoms with E-state index in [1.54, 1.807) is 22.7 Å². The molecule has 164 valence electrons. The second-order valence-corrected chi connectivity index (χ2v) is 9.19. The zero-order valence-corrected chi connectivity index (χ0v) is 19.6. The molecule has 0 fully saturated rings. The molecule has 2 N–H and O–H groups in total. The van der Waals surface area contributed by atoms with Crippen LogP contribution < -0.4 is 10.1 Å². The Morgan fingerprint density at radius 1 is 0.938 bits per heavy atom. The van der Waals surface area contributed by atoms with Crippen LogP contribution in [0.2, 0.25) is 0 Å². The largest absolute Gasteiger partial charge is 0.489 e. The van der Waals surface area contributed by atoms with E-state index in [4.69, 9.17) is 4.74 Å². The van der Waals surface area contributed by atoms with Crippen LogP contribution in [0.15, 0.2) is 94.3 Å². The SMILES string of the molecule is CC(NCC=C(c1ccsc1)c1ccsc1)C(O)c1ccc(OCc2ccccc2)cc1. The van der Waals surface area contributed by atoms with E-state index in [1.165, 1.54) is 16.7 Å². The molecule has 4 rings (SSSR count). The third-order valence-corrected chi connectivity index (χ3v) is 6.72. The summed E-state index contributed by atoms with van der Waals surface area (Å²) in [4.78, 5) is 0. The van der Waals surface area contributed by atoms with Gasteiger partial charge < -0.3 is 15.2 Å². The number of thiophene rings is 2. The van der Waals surface area contributed by atoms with Crippen LogP contribution in [0, 0.1) is 0 Å². The van der Waals surface area contributed by atoms with Crippen molar-refractivity contribution in [2.24, 2.45) is 0 Å². The number of aliphatic hydroxyl groups is 1. The summed E-state index contributed by atoms with van der Waals surface area (Å²) >= 11 is 3.40. The summed E-state index contributed by atoms with van der Waals surface area (Å²) in [5.41, 5.74) is 5.69. The molecular weight excluding hydrogens is 434 g/mol. The van der Waals surface area contributed by atoms with Gasteiger partial charge in [0.15, 0.2) is 0 Å². The van der Waals surface area contributed by atoms with Crippen molar-refractivity contribution < 1.29 is 9.84 Å². The molecule has 0 saturated heterocycles. The molecule has 0 spiro atoms. The van der Waals surface area contributed by atoms with E-state index in [1.807, 2.05) is 61.5 Å². The summed E-state index contributed by atoms with van der Waals surface area (Å²) in [5.74, 6) is 0.796. The predicted octanol–water partition coefficient (Wildman–Crippen LogP) is 6.53. The summed E-state index contributed by atoms with van der Waals surface area (Å²) < 4.78 is 5.85. The lowest BCUT2D eigenvalue weighted by Crippen LogP contribution is -2.32. The van der Waals surface area contributed by atoms with Crippen LogP contribution in [-0.4, -0.2) is 17.7 Å². The molecule has 0 aliphatic rings. The maximum atomic E-state index is 10.8. The molecule has 0 aliphatic carbocycles. The van der Waals surface area contributed by atoms with Gasteiger partial charge in [-0.15, -0.1) is 0 Å². The van der Waals surface area contributed by atoms with Gasteiger partial charge >= 0.3 is 0 Å². The first kappa shape index (κ1) is 22.5. The fourth-order valence-corrected chi connectivity index (χ4v) is 4.80. The van der Waals surface area contributed by atoms with Crippen LogP contribution in [0.5, 0.6) is 5.75 Å². The highest BCUT2D eigenvalue weighted by molar-refractivity contribution is 7.08. The summed E-state index contributed by atoms with van der Waals surface area (Å²) in [7, 11) is 0. The van der Waals surface area contributed by atoms with Crippen LogP contribution >= 0.6 is 22.7 Å². The Morgan fingerprint density at radius 3 is 2.19 bits per heavy atom. The van der Waals surface area contributed by atoms with Crippen molar-refractivity contribution in [1.82, 2.24) is 5.32 Å². The Labute approximate surface area is 197 Å². The van der Waals surface area contributed by atoms with Gasteiger partial charge in [-0.05, 0) is 80.5 Å². The molecule has 0 radical (unpaired) electrons. The van der Waals surface area contributed by atoms with Crippen LogP contribution in [0.4, 0.5) is 0 Å². The van der Waals surface area contributed by atoms with Gasteiger partial charge in [0.25, 0.3) is 0 Å². The standard InChI is InChI=1S/C27H27NO2S2/c1-20(28-14-11-26(23-12-15-31-18-23)24-13-16-32-19-24)27(29)22-7-9-25(10-8-22)30-17-21-5-3-2-4-6-21/h2-13,15-16,18-20,27-29H,14,17H2,1H3. The second kappa shape index (κ2) is 11.2. The van der Waals surface area contributed by atoms with Crippen LogP contribution in [-0.2, 0) is 6.61 Å². The zero-order chi connectivity index (χ0) is 22.2. The highest BCUT2D eigenvalue weighted by atomic mass is 32.1. The van der Waals surface area contributed by atoms with E-state index in [-0.39, 0.29) is 6.04 Å². The number of benzene rings is 2. The smallest absolute Gasteiger partial charge is 0.119 e.